The Morgan fingerprint density at radius 3 is 1.86 bits per heavy atom. The molecule has 1 N–H and O–H groups in total. The van der Waals surface area contributed by atoms with Crippen LogP contribution in [-0.4, -0.2) is 11.4 Å². The highest BCUT2D eigenvalue weighted by molar-refractivity contribution is 5.97. The molecule has 1 aromatic rings. The van der Waals surface area contributed by atoms with Crippen molar-refractivity contribution in [1.82, 2.24) is 5.32 Å². The summed E-state index contributed by atoms with van der Waals surface area (Å²) in [5.41, 5.74) is 4.47. The maximum atomic E-state index is 13.0. The summed E-state index contributed by atoms with van der Waals surface area (Å²) in [7, 11) is 0. The first-order chi connectivity index (χ1) is 10.4. The van der Waals surface area contributed by atoms with Gasteiger partial charge in [-0.05, 0) is 88.2 Å². The molecule has 0 atom stereocenters. The lowest BCUT2D eigenvalue weighted by Gasteiger charge is -2.57. The minimum absolute atomic E-state index is 0.107. The van der Waals surface area contributed by atoms with Crippen molar-refractivity contribution >= 4 is 5.91 Å². The summed E-state index contributed by atoms with van der Waals surface area (Å²) in [6, 6.07) is 4.25. The molecule has 118 valence electrons. The molecule has 0 spiro atoms. The van der Waals surface area contributed by atoms with Crippen molar-refractivity contribution in [3.8, 4) is 0 Å². The van der Waals surface area contributed by atoms with Gasteiger partial charge in [-0.15, -0.1) is 0 Å². The normalized spacial score (nSPS) is 35.7. The maximum absolute atomic E-state index is 13.0. The van der Waals surface area contributed by atoms with Gasteiger partial charge in [0.15, 0.2) is 0 Å². The van der Waals surface area contributed by atoms with Gasteiger partial charge in [-0.1, -0.05) is 17.7 Å². The second kappa shape index (κ2) is 4.84. The Labute approximate surface area is 133 Å². The van der Waals surface area contributed by atoms with Gasteiger partial charge in [0.1, 0.15) is 0 Å². The van der Waals surface area contributed by atoms with Crippen LogP contribution < -0.4 is 5.32 Å². The molecule has 1 amide bonds. The van der Waals surface area contributed by atoms with Gasteiger partial charge < -0.3 is 5.32 Å². The molecule has 4 fully saturated rings. The van der Waals surface area contributed by atoms with Gasteiger partial charge in [-0.25, -0.2) is 0 Å². The third kappa shape index (κ3) is 2.28. The van der Waals surface area contributed by atoms with Crippen LogP contribution in [0.25, 0.3) is 0 Å². The molecule has 4 bridgehead atoms. The molecular weight excluding hydrogens is 270 g/mol. The topological polar surface area (TPSA) is 29.1 Å². The van der Waals surface area contributed by atoms with Gasteiger partial charge in [0.2, 0.25) is 0 Å². The lowest BCUT2D eigenvalue weighted by molar-refractivity contribution is -0.0167. The fourth-order valence-corrected chi connectivity index (χ4v) is 6.11. The molecule has 0 aliphatic heterocycles. The highest BCUT2D eigenvalue weighted by Crippen LogP contribution is 2.55. The van der Waals surface area contributed by atoms with Crippen molar-refractivity contribution in [1.29, 1.82) is 0 Å². The molecule has 4 saturated carbocycles. The van der Waals surface area contributed by atoms with Gasteiger partial charge in [0.05, 0.1) is 0 Å². The molecule has 4 aliphatic carbocycles. The van der Waals surface area contributed by atoms with Crippen LogP contribution in [0.15, 0.2) is 12.1 Å². The zero-order valence-corrected chi connectivity index (χ0v) is 14.0. The molecule has 0 saturated heterocycles. The van der Waals surface area contributed by atoms with Gasteiger partial charge in [0.25, 0.3) is 5.91 Å². The number of aryl methyl sites for hydroxylation is 3. The van der Waals surface area contributed by atoms with Crippen LogP contribution in [0.4, 0.5) is 0 Å². The second-order valence-electron chi connectivity index (χ2n) is 8.43. The van der Waals surface area contributed by atoms with E-state index in [9.17, 15) is 4.79 Å². The lowest BCUT2D eigenvalue weighted by Crippen LogP contribution is -2.59. The summed E-state index contributed by atoms with van der Waals surface area (Å²) in [6.45, 7) is 6.23. The molecule has 2 nitrogen and oxygen atoms in total. The molecule has 1 aromatic carbocycles. The Balaban J connectivity index is 1.60. The van der Waals surface area contributed by atoms with Gasteiger partial charge in [-0.3, -0.25) is 4.79 Å². The molecule has 0 heterocycles. The van der Waals surface area contributed by atoms with Crippen LogP contribution in [-0.2, 0) is 0 Å². The lowest BCUT2D eigenvalue weighted by atomic mass is 9.53. The Hall–Kier alpha value is -1.31. The zero-order chi connectivity index (χ0) is 15.5. The van der Waals surface area contributed by atoms with E-state index < -0.39 is 0 Å². The van der Waals surface area contributed by atoms with E-state index in [1.807, 2.05) is 0 Å². The second-order valence-corrected chi connectivity index (χ2v) is 8.43. The number of carbonyl (C=O) groups is 1. The first-order valence-corrected chi connectivity index (χ1v) is 8.84. The van der Waals surface area contributed by atoms with Gasteiger partial charge >= 0.3 is 0 Å². The van der Waals surface area contributed by atoms with E-state index in [-0.39, 0.29) is 11.4 Å². The number of amides is 1. The average molecular weight is 297 g/mol. The largest absolute Gasteiger partial charge is 0.347 e. The minimum Gasteiger partial charge on any atom is -0.347 e. The number of rotatable bonds is 2. The van der Waals surface area contributed by atoms with E-state index in [0.717, 1.165) is 34.4 Å². The zero-order valence-electron chi connectivity index (χ0n) is 14.0. The quantitative estimate of drug-likeness (QED) is 0.866. The van der Waals surface area contributed by atoms with Crippen molar-refractivity contribution in [2.45, 2.75) is 64.8 Å². The molecule has 0 unspecified atom stereocenters. The molecule has 4 aliphatic rings. The van der Waals surface area contributed by atoms with Crippen LogP contribution in [0.1, 0.15) is 65.6 Å². The summed E-state index contributed by atoms with van der Waals surface area (Å²) < 4.78 is 0. The number of hydrogen-bond donors (Lipinski definition) is 1. The van der Waals surface area contributed by atoms with Crippen LogP contribution >= 0.6 is 0 Å². The van der Waals surface area contributed by atoms with E-state index in [1.165, 1.54) is 44.1 Å². The molecule has 2 heteroatoms. The first kappa shape index (κ1) is 14.3. The molecule has 5 rings (SSSR count). The predicted octanol–water partition coefficient (Wildman–Crippen LogP) is 4.31. The molecule has 22 heavy (non-hydrogen) atoms. The highest BCUT2D eigenvalue weighted by atomic mass is 16.1. The summed E-state index contributed by atoms with van der Waals surface area (Å²) >= 11 is 0. The SMILES string of the molecule is Cc1cc(C)c(C(=O)NC23CC4CC(CC(C4)C2)C3)c(C)c1. The summed E-state index contributed by atoms with van der Waals surface area (Å²) in [4.78, 5) is 13.0. The molecule has 0 aromatic heterocycles. The smallest absolute Gasteiger partial charge is 0.252 e. The third-order valence-electron chi connectivity index (χ3n) is 6.32. The Morgan fingerprint density at radius 2 is 1.41 bits per heavy atom. The Morgan fingerprint density at radius 1 is 0.955 bits per heavy atom. The van der Waals surface area contributed by atoms with Crippen molar-refractivity contribution in [3.05, 3.63) is 34.4 Å². The number of nitrogens with one attached hydrogen (secondary N) is 1. The fraction of sp³-hybridized carbons (Fsp3) is 0.650. The number of hydrogen-bond acceptors (Lipinski definition) is 1. The Bertz CT molecular complexity index is 572. The monoisotopic (exact) mass is 297 g/mol. The van der Waals surface area contributed by atoms with Crippen LogP contribution in [0, 0.1) is 38.5 Å². The summed E-state index contributed by atoms with van der Waals surface area (Å²) in [6.07, 6.45) is 7.89. The average Bonchev–Trinajstić information content (AvgIpc) is 2.34. The fourth-order valence-electron chi connectivity index (χ4n) is 6.11. The highest BCUT2D eigenvalue weighted by Gasteiger charge is 2.51. The molecular formula is C20H27NO. The standard InChI is InChI=1S/C20H27NO/c1-12-4-13(2)18(14(3)5-12)19(22)21-20-9-15-6-16(10-20)8-17(7-15)11-20/h4-5,15-17H,6-11H2,1-3H3,(H,21,22). The van der Waals surface area contributed by atoms with E-state index in [4.69, 9.17) is 0 Å². The van der Waals surface area contributed by atoms with Crippen LogP contribution in [0.2, 0.25) is 0 Å². The molecule has 0 radical (unpaired) electrons. The Kier molecular flexibility index (Phi) is 3.15. The van der Waals surface area contributed by atoms with Crippen LogP contribution in [0.3, 0.4) is 0 Å². The van der Waals surface area contributed by atoms with Gasteiger partial charge in [-0.2, -0.15) is 0 Å². The predicted molar refractivity (Wildman–Crippen MR) is 89.0 cm³/mol. The maximum Gasteiger partial charge on any atom is 0.252 e. The number of carbonyl (C=O) groups excluding carboxylic acids is 1. The van der Waals surface area contributed by atoms with Crippen molar-refractivity contribution < 1.29 is 4.79 Å². The van der Waals surface area contributed by atoms with E-state index in [0.29, 0.717) is 0 Å². The summed E-state index contributed by atoms with van der Waals surface area (Å²) in [5, 5.41) is 3.50. The summed E-state index contributed by atoms with van der Waals surface area (Å²) in [5.74, 6) is 2.77. The van der Waals surface area contributed by atoms with Crippen molar-refractivity contribution in [2.24, 2.45) is 17.8 Å². The van der Waals surface area contributed by atoms with Crippen LogP contribution in [0.5, 0.6) is 0 Å². The third-order valence-corrected chi connectivity index (χ3v) is 6.32. The van der Waals surface area contributed by atoms with Crippen molar-refractivity contribution in [3.63, 3.8) is 0 Å². The first-order valence-electron chi connectivity index (χ1n) is 8.84. The minimum atomic E-state index is 0.107. The number of benzene rings is 1. The van der Waals surface area contributed by atoms with E-state index in [2.05, 4.69) is 38.2 Å². The van der Waals surface area contributed by atoms with E-state index in [1.54, 1.807) is 0 Å². The van der Waals surface area contributed by atoms with Crippen molar-refractivity contribution in [2.75, 3.05) is 0 Å². The van der Waals surface area contributed by atoms with E-state index >= 15 is 0 Å². The van der Waals surface area contributed by atoms with Gasteiger partial charge in [0, 0.05) is 11.1 Å².